The molecule has 0 unspecified atom stereocenters. The zero-order chi connectivity index (χ0) is 15.6. The second-order valence-corrected chi connectivity index (χ2v) is 6.52. The average Bonchev–Trinajstić information content (AvgIpc) is 3.18. The van der Waals surface area contributed by atoms with Crippen molar-refractivity contribution in [1.29, 1.82) is 0 Å². The van der Waals surface area contributed by atoms with Crippen LogP contribution in [0.4, 0.5) is 0 Å². The zero-order valence-electron chi connectivity index (χ0n) is 13.3. The smallest absolute Gasteiger partial charge is 0.226 e. The maximum Gasteiger partial charge on any atom is 0.226 e. The summed E-state index contributed by atoms with van der Waals surface area (Å²) < 4.78 is 5.44. The van der Waals surface area contributed by atoms with E-state index >= 15 is 0 Å². The Morgan fingerprint density at radius 1 is 1.30 bits per heavy atom. The summed E-state index contributed by atoms with van der Waals surface area (Å²) in [5.74, 6) is 2.20. The molecule has 0 amide bonds. The van der Waals surface area contributed by atoms with E-state index in [1.165, 1.54) is 12.8 Å². The lowest BCUT2D eigenvalue weighted by molar-refractivity contribution is 0.208. The van der Waals surface area contributed by atoms with E-state index in [-0.39, 0.29) is 0 Å². The van der Waals surface area contributed by atoms with Crippen molar-refractivity contribution < 1.29 is 4.52 Å². The van der Waals surface area contributed by atoms with Gasteiger partial charge in [0.25, 0.3) is 0 Å². The van der Waals surface area contributed by atoms with Gasteiger partial charge in [-0.2, -0.15) is 10.1 Å². The van der Waals surface area contributed by atoms with E-state index in [0.717, 1.165) is 47.7 Å². The summed E-state index contributed by atoms with van der Waals surface area (Å²) in [6.45, 7) is 2.33. The maximum atomic E-state index is 5.44. The van der Waals surface area contributed by atoms with Gasteiger partial charge in [-0.25, -0.2) is 0 Å². The number of fused-ring (bicyclic) bond motifs is 1. The molecule has 0 atom stereocenters. The first-order valence-electron chi connectivity index (χ1n) is 8.18. The van der Waals surface area contributed by atoms with Crippen molar-refractivity contribution in [3.63, 3.8) is 0 Å². The summed E-state index contributed by atoms with van der Waals surface area (Å²) in [5, 5.41) is 12.3. The molecule has 2 aromatic heterocycles. The molecule has 3 aromatic rings. The van der Waals surface area contributed by atoms with Crippen LogP contribution in [0.5, 0.6) is 0 Å². The number of H-pyrrole nitrogens is 1. The first kappa shape index (κ1) is 14.4. The first-order chi connectivity index (χ1) is 11.3. The van der Waals surface area contributed by atoms with Gasteiger partial charge >= 0.3 is 0 Å². The van der Waals surface area contributed by atoms with E-state index in [1.54, 1.807) is 0 Å². The lowest BCUT2D eigenvalue weighted by Gasteiger charge is -2.27. The van der Waals surface area contributed by atoms with Crippen LogP contribution in [0.1, 0.15) is 30.1 Å². The van der Waals surface area contributed by atoms with Gasteiger partial charge in [0.05, 0.1) is 11.7 Å². The molecule has 0 bridgehead atoms. The summed E-state index contributed by atoms with van der Waals surface area (Å²) in [6.07, 6.45) is 5.84. The van der Waals surface area contributed by atoms with Crippen molar-refractivity contribution in [3.8, 4) is 0 Å². The molecule has 0 aliphatic carbocycles. The second kappa shape index (κ2) is 6.12. The minimum atomic E-state index is 0.667. The number of hydrogen-bond donors (Lipinski definition) is 1. The van der Waals surface area contributed by atoms with Gasteiger partial charge in [0.2, 0.25) is 5.89 Å². The third kappa shape index (κ3) is 3.27. The Bertz CT molecular complexity index is 785. The SMILES string of the molecule is CN1CCC(Cc2nc(Cc3ccc4cn[nH]c4c3)no2)CC1. The van der Waals surface area contributed by atoms with Crippen LogP contribution in [-0.2, 0) is 12.8 Å². The molecule has 1 fully saturated rings. The van der Waals surface area contributed by atoms with Gasteiger partial charge in [0, 0.05) is 18.2 Å². The largest absolute Gasteiger partial charge is 0.339 e. The minimum Gasteiger partial charge on any atom is -0.339 e. The number of nitrogens with zero attached hydrogens (tertiary/aromatic N) is 4. The quantitative estimate of drug-likeness (QED) is 0.801. The number of nitrogens with one attached hydrogen (secondary N) is 1. The van der Waals surface area contributed by atoms with Crippen LogP contribution < -0.4 is 0 Å². The molecule has 1 N–H and O–H groups in total. The van der Waals surface area contributed by atoms with Crippen molar-refractivity contribution in [2.75, 3.05) is 20.1 Å². The number of rotatable bonds is 4. The summed E-state index contributed by atoms with van der Waals surface area (Å²) >= 11 is 0. The van der Waals surface area contributed by atoms with Crippen molar-refractivity contribution in [1.82, 2.24) is 25.2 Å². The van der Waals surface area contributed by atoms with Crippen LogP contribution in [0.2, 0.25) is 0 Å². The normalized spacial score (nSPS) is 17.1. The number of hydrogen-bond acceptors (Lipinski definition) is 5. The van der Waals surface area contributed by atoms with Crippen LogP contribution >= 0.6 is 0 Å². The minimum absolute atomic E-state index is 0.667. The van der Waals surface area contributed by atoms with E-state index in [1.807, 2.05) is 6.20 Å². The van der Waals surface area contributed by atoms with Crippen LogP contribution in [0.3, 0.4) is 0 Å². The monoisotopic (exact) mass is 311 g/mol. The molecule has 23 heavy (non-hydrogen) atoms. The first-order valence-corrected chi connectivity index (χ1v) is 8.18. The molecule has 1 aromatic carbocycles. The summed E-state index contributed by atoms with van der Waals surface area (Å²) in [5.41, 5.74) is 2.20. The fourth-order valence-electron chi connectivity index (χ4n) is 3.23. The Hall–Kier alpha value is -2.21. The zero-order valence-corrected chi connectivity index (χ0v) is 13.3. The molecule has 1 aliphatic rings. The highest BCUT2D eigenvalue weighted by Gasteiger charge is 2.19. The molecule has 3 heterocycles. The molecule has 6 heteroatoms. The molecule has 0 spiro atoms. The highest BCUT2D eigenvalue weighted by Crippen LogP contribution is 2.21. The Labute approximate surface area is 134 Å². The maximum absolute atomic E-state index is 5.44. The van der Waals surface area contributed by atoms with Crippen molar-refractivity contribution in [3.05, 3.63) is 41.7 Å². The Morgan fingerprint density at radius 3 is 3.04 bits per heavy atom. The molecule has 0 saturated carbocycles. The highest BCUT2D eigenvalue weighted by molar-refractivity contribution is 5.78. The number of piperidine rings is 1. The lowest BCUT2D eigenvalue weighted by Crippen LogP contribution is -2.30. The Kier molecular flexibility index (Phi) is 3.83. The molecule has 1 saturated heterocycles. The molecule has 0 radical (unpaired) electrons. The fourth-order valence-corrected chi connectivity index (χ4v) is 3.23. The Morgan fingerprint density at radius 2 is 2.17 bits per heavy atom. The van der Waals surface area contributed by atoms with Gasteiger partial charge < -0.3 is 9.42 Å². The van der Waals surface area contributed by atoms with E-state index in [9.17, 15) is 0 Å². The summed E-state index contributed by atoms with van der Waals surface area (Å²) in [7, 11) is 2.18. The molecule has 6 nitrogen and oxygen atoms in total. The van der Waals surface area contributed by atoms with E-state index < -0.39 is 0 Å². The highest BCUT2D eigenvalue weighted by atomic mass is 16.5. The van der Waals surface area contributed by atoms with Gasteiger partial charge in [-0.1, -0.05) is 17.3 Å². The van der Waals surface area contributed by atoms with Gasteiger partial charge in [0.15, 0.2) is 5.82 Å². The van der Waals surface area contributed by atoms with Crippen LogP contribution in [0, 0.1) is 5.92 Å². The van der Waals surface area contributed by atoms with Gasteiger partial charge in [0.1, 0.15) is 0 Å². The van der Waals surface area contributed by atoms with E-state index in [0.29, 0.717) is 12.3 Å². The average molecular weight is 311 g/mol. The summed E-state index contributed by atoms with van der Waals surface area (Å²) in [6, 6.07) is 6.24. The third-order valence-corrected chi connectivity index (χ3v) is 4.68. The predicted molar refractivity (Wildman–Crippen MR) is 87.1 cm³/mol. The van der Waals surface area contributed by atoms with Crippen molar-refractivity contribution >= 4 is 10.9 Å². The molecular weight excluding hydrogens is 290 g/mol. The van der Waals surface area contributed by atoms with Crippen molar-refractivity contribution in [2.45, 2.75) is 25.7 Å². The molecular formula is C17H21N5O. The number of aromatic nitrogens is 4. The van der Waals surface area contributed by atoms with Crippen LogP contribution in [0.15, 0.2) is 28.9 Å². The predicted octanol–water partition coefficient (Wildman–Crippen LogP) is 2.42. The fraction of sp³-hybridized carbons (Fsp3) is 0.471. The third-order valence-electron chi connectivity index (χ3n) is 4.68. The van der Waals surface area contributed by atoms with Gasteiger partial charge in [-0.3, -0.25) is 5.10 Å². The summed E-state index contributed by atoms with van der Waals surface area (Å²) in [4.78, 5) is 6.95. The standard InChI is InChI=1S/C17H21N5O/c1-22-6-4-12(5-7-22)10-17-19-16(21-23-17)9-13-2-3-14-11-18-20-15(14)8-13/h2-3,8,11-12H,4-7,9-10H2,1H3,(H,18,20). The number of benzene rings is 1. The van der Waals surface area contributed by atoms with Gasteiger partial charge in [-0.05, 0) is 50.5 Å². The van der Waals surface area contributed by atoms with Crippen molar-refractivity contribution in [2.24, 2.45) is 5.92 Å². The number of likely N-dealkylation sites (tertiary alicyclic amines) is 1. The van der Waals surface area contributed by atoms with E-state index in [4.69, 9.17) is 4.52 Å². The topological polar surface area (TPSA) is 70.8 Å². The molecule has 4 rings (SSSR count). The second-order valence-electron chi connectivity index (χ2n) is 6.52. The number of aromatic amines is 1. The Balaban J connectivity index is 1.41. The lowest BCUT2D eigenvalue weighted by atomic mass is 9.94. The van der Waals surface area contributed by atoms with Crippen LogP contribution in [0.25, 0.3) is 10.9 Å². The van der Waals surface area contributed by atoms with E-state index in [2.05, 4.69) is 50.5 Å². The van der Waals surface area contributed by atoms with Gasteiger partial charge in [-0.15, -0.1) is 0 Å². The molecule has 1 aliphatic heterocycles. The molecule has 120 valence electrons. The van der Waals surface area contributed by atoms with Crippen LogP contribution in [-0.4, -0.2) is 45.4 Å².